The van der Waals surface area contributed by atoms with Crippen LogP contribution >= 0.6 is 0 Å². The zero-order chi connectivity index (χ0) is 18.0. The van der Waals surface area contributed by atoms with E-state index in [0.717, 1.165) is 10.9 Å². The maximum absolute atomic E-state index is 12.5. The molecular weight excluding hydrogens is 318 g/mol. The van der Waals surface area contributed by atoms with E-state index < -0.39 is 5.54 Å². The first-order valence-corrected chi connectivity index (χ1v) is 7.69. The average Bonchev–Trinajstić information content (AvgIpc) is 3.03. The Hall–Kier alpha value is -3.42. The number of fused-ring (bicyclic) bond motifs is 1. The fraction of sp³-hybridized carbons (Fsp3) is 0.176. The van der Waals surface area contributed by atoms with Crippen molar-refractivity contribution in [2.24, 2.45) is 5.73 Å². The molecule has 0 saturated heterocycles. The van der Waals surface area contributed by atoms with Gasteiger partial charge in [0.15, 0.2) is 11.6 Å². The third-order valence-corrected chi connectivity index (χ3v) is 3.92. The molecule has 6 N–H and O–H groups in total. The largest absolute Gasteiger partial charge is 0.370 e. The van der Waals surface area contributed by atoms with E-state index in [9.17, 15) is 4.79 Å². The van der Waals surface area contributed by atoms with Gasteiger partial charge in [0.05, 0.1) is 22.8 Å². The lowest BCUT2D eigenvalue weighted by atomic mass is 9.93. The monoisotopic (exact) mass is 337 g/mol. The Morgan fingerprint density at radius 1 is 1.24 bits per heavy atom. The molecular formula is C17H19N7O. The molecule has 25 heavy (non-hydrogen) atoms. The van der Waals surface area contributed by atoms with E-state index in [1.807, 2.05) is 26.0 Å². The van der Waals surface area contributed by atoms with Gasteiger partial charge < -0.3 is 16.4 Å². The number of rotatable bonds is 4. The number of guanidine groups is 1. The number of aromatic amines is 1. The number of nitrogens with one attached hydrogen (secondary N) is 4. The van der Waals surface area contributed by atoms with Crippen LogP contribution in [0.2, 0.25) is 0 Å². The summed E-state index contributed by atoms with van der Waals surface area (Å²) in [6.07, 6.45) is 3.23. The van der Waals surface area contributed by atoms with E-state index in [1.165, 1.54) is 0 Å². The molecule has 2 aromatic heterocycles. The van der Waals surface area contributed by atoms with Crippen LogP contribution in [0.5, 0.6) is 0 Å². The highest BCUT2D eigenvalue weighted by Gasteiger charge is 2.21. The summed E-state index contributed by atoms with van der Waals surface area (Å²) in [4.78, 5) is 16.6. The van der Waals surface area contributed by atoms with Crippen LogP contribution in [0, 0.1) is 5.41 Å². The van der Waals surface area contributed by atoms with Gasteiger partial charge in [-0.3, -0.25) is 15.3 Å². The third kappa shape index (κ3) is 3.42. The lowest BCUT2D eigenvalue weighted by Gasteiger charge is -2.27. The number of nitrogens with zero attached hydrogens (tertiary/aromatic N) is 2. The van der Waals surface area contributed by atoms with Crippen molar-refractivity contribution in [1.82, 2.24) is 20.5 Å². The minimum absolute atomic E-state index is 0.103. The van der Waals surface area contributed by atoms with Crippen LogP contribution in [-0.4, -0.2) is 27.0 Å². The Morgan fingerprint density at radius 3 is 2.64 bits per heavy atom. The summed E-state index contributed by atoms with van der Waals surface area (Å²) < 4.78 is 0. The second kappa shape index (κ2) is 6.23. The van der Waals surface area contributed by atoms with E-state index in [2.05, 4.69) is 25.8 Å². The Labute approximate surface area is 144 Å². The topological polar surface area (TPSA) is 133 Å². The molecule has 0 spiro atoms. The molecule has 2 heterocycles. The molecule has 3 rings (SSSR count). The predicted octanol–water partition coefficient (Wildman–Crippen LogP) is 1.93. The van der Waals surface area contributed by atoms with Gasteiger partial charge in [-0.1, -0.05) is 12.1 Å². The summed E-state index contributed by atoms with van der Waals surface area (Å²) in [7, 11) is 0. The molecule has 0 aliphatic rings. The Morgan fingerprint density at radius 2 is 1.96 bits per heavy atom. The maximum atomic E-state index is 12.5. The number of carbonyl (C=O) groups is 1. The van der Waals surface area contributed by atoms with Crippen LogP contribution in [0.25, 0.3) is 11.0 Å². The lowest BCUT2D eigenvalue weighted by Crippen LogP contribution is -2.44. The van der Waals surface area contributed by atoms with E-state index >= 15 is 0 Å². The summed E-state index contributed by atoms with van der Waals surface area (Å²) in [5.41, 5.74) is 7.61. The highest BCUT2D eigenvalue weighted by Crippen LogP contribution is 2.22. The number of amides is 1. The molecule has 1 aromatic carbocycles. The average molecular weight is 337 g/mol. The van der Waals surface area contributed by atoms with Gasteiger partial charge in [0.1, 0.15) is 0 Å². The van der Waals surface area contributed by atoms with Crippen molar-refractivity contribution in [3.8, 4) is 0 Å². The zero-order valence-corrected chi connectivity index (χ0v) is 13.9. The summed E-state index contributed by atoms with van der Waals surface area (Å²) in [5, 5.41) is 20.6. The molecule has 1 amide bonds. The number of hydrogen-bond acceptors (Lipinski definition) is 4. The van der Waals surface area contributed by atoms with Gasteiger partial charge in [0.2, 0.25) is 0 Å². The Kier molecular flexibility index (Phi) is 4.10. The van der Waals surface area contributed by atoms with Crippen molar-refractivity contribution >= 4 is 28.6 Å². The van der Waals surface area contributed by atoms with E-state index in [4.69, 9.17) is 11.1 Å². The minimum atomic E-state index is -0.505. The van der Waals surface area contributed by atoms with Crippen molar-refractivity contribution in [3.05, 3.63) is 53.9 Å². The molecule has 0 atom stereocenters. The molecule has 8 nitrogen and oxygen atoms in total. The van der Waals surface area contributed by atoms with Gasteiger partial charge in [-0.05, 0) is 37.6 Å². The van der Waals surface area contributed by atoms with E-state index in [-0.39, 0.29) is 11.9 Å². The Balaban J connectivity index is 1.79. The van der Waals surface area contributed by atoms with E-state index in [0.29, 0.717) is 16.9 Å². The predicted molar refractivity (Wildman–Crippen MR) is 96.4 cm³/mol. The van der Waals surface area contributed by atoms with Gasteiger partial charge in [0, 0.05) is 11.8 Å². The number of benzene rings is 1. The summed E-state index contributed by atoms with van der Waals surface area (Å²) in [5.74, 6) is -0.328. The summed E-state index contributed by atoms with van der Waals surface area (Å²) >= 11 is 0. The highest BCUT2D eigenvalue weighted by molar-refractivity contribution is 6.08. The smallest absolute Gasteiger partial charge is 0.255 e. The molecule has 0 unspecified atom stereocenters. The molecule has 3 aromatic rings. The normalized spacial score (nSPS) is 11.3. The van der Waals surface area contributed by atoms with Crippen LogP contribution in [0.4, 0.5) is 5.69 Å². The molecule has 0 radical (unpaired) electrons. The quantitative estimate of drug-likeness (QED) is 0.366. The van der Waals surface area contributed by atoms with Gasteiger partial charge in [-0.2, -0.15) is 5.10 Å². The van der Waals surface area contributed by atoms with Gasteiger partial charge in [-0.25, -0.2) is 4.98 Å². The molecule has 128 valence electrons. The number of hydrogen-bond donors (Lipinski definition) is 5. The van der Waals surface area contributed by atoms with Crippen molar-refractivity contribution in [2.75, 3.05) is 5.32 Å². The molecule has 0 fully saturated rings. The standard InChI is InChI=1S/C17H19N7O/c1-17(2,23-16(18)19)11-5-3-10(4-6-11)15(25)22-13-7-8-20-14-12(13)9-21-24-14/h3-9H,1-2H3,(H4,18,19,23)(H2,20,21,22,24,25). The first kappa shape index (κ1) is 16.4. The lowest BCUT2D eigenvalue weighted by molar-refractivity contribution is 0.102. The van der Waals surface area contributed by atoms with Gasteiger partial charge >= 0.3 is 0 Å². The van der Waals surface area contributed by atoms with Crippen LogP contribution in [0.3, 0.4) is 0 Å². The summed E-state index contributed by atoms with van der Waals surface area (Å²) in [6.45, 7) is 3.83. The first-order chi connectivity index (χ1) is 11.9. The highest BCUT2D eigenvalue weighted by atomic mass is 16.1. The van der Waals surface area contributed by atoms with Crippen molar-refractivity contribution in [1.29, 1.82) is 5.41 Å². The van der Waals surface area contributed by atoms with Crippen LogP contribution in [-0.2, 0) is 5.54 Å². The first-order valence-electron chi connectivity index (χ1n) is 7.69. The maximum Gasteiger partial charge on any atom is 0.255 e. The third-order valence-electron chi connectivity index (χ3n) is 3.92. The fourth-order valence-electron chi connectivity index (χ4n) is 2.60. The van der Waals surface area contributed by atoms with Crippen molar-refractivity contribution in [3.63, 3.8) is 0 Å². The number of H-pyrrole nitrogens is 1. The molecule has 8 heteroatoms. The number of anilines is 1. The number of aromatic nitrogens is 3. The summed E-state index contributed by atoms with van der Waals surface area (Å²) in [6, 6.07) is 8.88. The second-order valence-electron chi connectivity index (χ2n) is 6.19. The SMILES string of the molecule is CC(C)(NC(=N)N)c1ccc(C(=O)Nc2ccnc3[nH]ncc23)cc1. The van der Waals surface area contributed by atoms with E-state index in [1.54, 1.807) is 30.6 Å². The minimum Gasteiger partial charge on any atom is -0.370 e. The van der Waals surface area contributed by atoms with Gasteiger partial charge in [0.25, 0.3) is 5.91 Å². The van der Waals surface area contributed by atoms with Crippen LogP contribution < -0.4 is 16.4 Å². The number of pyridine rings is 1. The Bertz CT molecular complexity index is 928. The van der Waals surface area contributed by atoms with Crippen LogP contribution in [0.1, 0.15) is 29.8 Å². The molecule has 0 saturated carbocycles. The van der Waals surface area contributed by atoms with Crippen molar-refractivity contribution < 1.29 is 4.79 Å². The number of nitrogens with two attached hydrogens (primary N) is 1. The molecule has 0 aliphatic carbocycles. The zero-order valence-electron chi connectivity index (χ0n) is 13.9. The fourth-order valence-corrected chi connectivity index (χ4v) is 2.60. The molecule has 0 bridgehead atoms. The van der Waals surface area contributed by atoms with Crippen molar-refractivity contribution in [2.45, 2.75) is 19.4 Å². The van der Waals surface area contributed by atoms with Gasteiger partial charge in [-0.15, -0.1) is 0 Å². The second-order valence-corrected chi connectivity index (χ2v) is 6.19. The number of carbonyl (C=O) groups excluding carboxylic acids is 1. The molecule has 0 aliphatic heterocycles. The van der Waals surface area contributed by atoms with Crippen LogP contribution in [0.15, 0.2) is 42.7 Å².